The smallest absolute Gasteiger partial charge is 0.127 e. The van der Waals surface area contributed by atoms with E-state index in [1.54, 1.807) is 0 Å². The van der Waals surface area contributed by atoms with Crippen LogP contribution in [0.4, 0.5) is 5.82 Å². The minimum Gasteiger partial charge on any atom is -0.378 e. The van der Waals surface area contributed by atoms with Crippen LogP contribution in [-0.2, 0) is 4.74 Å². The van der Waals surface area contributed by atoms with E-state index < -0.39 is 0 Å². The van der Waals surface area contributed by atoms with Crippen molar-refractivity contribution in [3.63, 3.8) is 0 Å². The van der Waals surface area contributed by atoms with Crippen LogP contribution in [0.1, 0.15) is 19.3 Å². The Kier molecular flexibility index (Phi) is 3.97. The summed E-state index contributed by atoms with van der Waals surface area (Å²) in [6.07, 6.45) is 3.92. The maximum absolute atomic E-state index is 5.54. The topological polar surface area (TPSA) is 34.1 Å². The van der Waals surface area contributed by atoms with Crippen LogP contribution < -0.4 is 5.32 Å². The lowest BCUT2D eigenvalue weighted by molar-refractivity contribution is 0.107. The highest BCUT2D eigenvalue weighted by Gasteiger charge is 2.14. The summed E-state index contributed by atoms with van der Waals surface area (Å²) < 4.78 is 6.41. The molecule has 2 heterocycles. The van der Waals surface area contributed by atoms with E-state index in [2.05, 4.69) is 26.2 Å². The first kappa shape index (κ1) is 10.9. The van der Waals surface area contributed by atoms with Crippen LogP contribution in [0.5, 0.6) is 0 Å². The predicted octanol–water partition coefficient (Wildman–Crippen LogP) is 2.83. The summed E-state index contributed by atoms with van der Waals surface area (Å²) >= 11 is 3.34. The Balaban J connectivity index is 1.73. The number of nitrogens with zero attached hydrogens (tertiary/aromatic N) is 1. The fraction of sp³-hybridized carbons (Fsp3) is 0.545. The largest absolute Gasteiger partial charge is 0.378 e. The van der Waals surface area contributed by atoms with Gasteiger partial charge in [-0.3, -0.25) is 0 Å². The van der Waals surface area contributed by atoms with E-state index >= 15 is 0 Å². The summed E-state index contributed by atoms with van der Waals surface area (Å²) in [4.78, 5) is 4.30. The van der Waals surface area contributed by atoms with Gasteiger partial charge in [-0.05, 0) is 47.3 Å². The molecule has 0 saturated carbocycles. The predicted molar refractivity (Wildman–Crippen MR) is 64.0 cm³/mol. The molecule has 2 rings (SSSR count). The Hall–Kier alpha value is -0.610. The lowest BCUT2D eigenvalue weighted by Crippen LogP contribution is -2.12. The average Bonchev–Trinajstić information content (AvgIpc) is 2.71. The molecule has 15 heavy (non-hydrogen) atoms. The molecule has 1 aliphatic heterocycles. The Morgan fingerprint density at radius 2 is 2.47 bits per heavy atom. The van der Waals surface area contributed by atoms with Gasteiger partial charge in [-0.25, -0.2) is 4.98 Å². The van der Waals surface area contributed by atoms with Crippen molar-refractivity contribution < 1.29 is 4.74 Å². The first-order chi connectivity index (χ1) is 7.34. The summed E-state index contributed by atoms with van der Waals surface area (Å²) in [6.45, 7) is 1.86. The van der Waals surface area contributed by atoms with E-state index in [0.717, 1.165) is 30.0 Å². The minimum absolute atomic E-state index is 0.449. The zero-order chi connectivity index (χ0) is 10.5. The van der Waals surface area contributed by atoms with Crippen molar-refractivity contribution in [1.82, 2.24) is 4.98 Å². The van der Waals surface area contributed by atoms with E-state index in [0.29, 0.717) is 6.10 Å². The van der Waals surface area contributed by atoms with Crippen LogP contribution in [-0.4, -0.2) is 24.2 Å². The molecule has 1 saturated heterocycles. The van der Waals surface area contributed by atoms with Gasteiger partial charge in [0.15, 0.2) is 0 Å². The quantitative estimate of drug-likeness (QED) is 0.855. The number of aromatic nitrogens is 1. The van der Waals surface area contributed by atoms with Crippen molar-refractivity contribution in [3.8, 4) is 0 Å². The van der Waals surface area contributed by atoms with Crippen LogP contribution >= 0.6 is 15.9 Å². The fourth-order valence-electron chi connectivity index (χ4n) is 1.74. The second-order valence-corrected chi connectivity index (χ2v) is 4.51. The normalized spacial score (nSPS) is 20.5. The third-order valence-corrected chi connectivity index (χ3v) is 2.95. The van der Waals surface area contributed by atoms with Gasteiger partial charge in [0.1, 0.15) is 10.4 Å². The Morgan fingerprint density at radius 3 is 3.20 bits per heavy atom. The highest BCUT2D eigenvalue weighted by Crippen LogP contribution is 2.15. The van der Waals surface area contributed by atoms with Crippen molar-refractivity contribution in [3.05, 3.63) is 22.8 Å². The van der Waals surface area contributed by atoms with E-state index in [1.807, 2.05) is 18.2 Å². The lowest BCUT2D eigenvalue weighted by atomic mass is 10.2. The molecule has 1 aromatic heterocycles. The van der Waals surface area contributed by atoms with Crippen LogP contribution in [0.3, 0.4) is 0 Å². The van der Waals surface area contributed by atoms with Crippen LogP contribution in [0.15, 0.2) is 22.8 Å². The number of ether oxygens (including phenoxy) is 1. The van der Waals surface area contributed by atoms with Crippen LogP contribution in [0.25, 0.3) is 0 Å². The summed E-state index contributed by atoms with van der Waals surface area (Å²) in [7, 11) is 0. The number of nitrogens with one attached hydrogen (secondary N) is 1. The molecular weight excluding hydrogens is 256 g/mol. The van der Waals surface area contributed by atoms with Gasteiger partial charge < -0.3 is 10.1 Å². The second-order valence-electron chi connectivity index (χ2n) is 3.70. The molecule has 0 spiro atoms. The molecule has 0 aliphatic carbocycles. The lowest BCUT2D eigenvalue weighted by Gasteiger charge is -2.10. The second kappa shape index (κ2) is 5.47. The summed E-state index contributed by atoms with van der Waals surface area (Å²) in [5, 5.41) is 3.29. The summed E-state index contributed by atoms with van der Waals surface area (Å²) in [5.41, 5.74) is 0. The van der Waals surface area contributed by atoms with Crippen LogP contribution in [0, 0.1) is 0 Å². The molecule has 1 aromatic rings. The molecule has 4 heteroatoms. The van der Waals surface area contributed by atoms with Gasteiger partial charge in [-0.2, -0.15) is 0 Å². The standard InChI is InChI=1S/C11H15BrN2O/c12-10-4-1-5-11(14-10)13-7-6-9-3-2-8-15-9/h1,4-5,9H,2-3,6-8H2,(H,13,14). The molecule has 0 radical (unpaired) electrons. The van der Waals surface area contributed by atoms with Crippen molar-refractivity contribution in [2.24, 2.45) is 0 Å². The highest BCUT2D eigenvalue weighted by molar-refractivity contribution is 9.10. The molecule has 1 N–H and O–H groups in total. The van der Waals surface area contributed by atoms with Gasteiger partial charge in [-0.1, -0.05) is 6.07 Å². The van der Waals surface area contributed by atoms with Crippen molar-refractivity contribution >= 4 is 21.7 Å². The third kappa shape index (κ3) is 3.47. The van der Waals surface area contributed by atoms with Crippen molar-refractivity contribution in [2.45, 2.75) is 25.4 Å². The zero-order valence-electron chi connectivity index (χ0n) is 8.58. The van der Waals surface area contributed by atoms with E-state index in [4.69, 9.17) is 4.74 Å². The van der Waals surface area contributed by atoms with Crippen LogP contribution in [0.2, 0.25) is 0 Å². The van der Waals surface area contributed by atoms with E-state index in [9.17, 15) is 0 Å². The Labute approximate surface area is 98.4 Å². The van der Waals surface area contributed by atoms with Gasteiger partial charge >= 0.3 is 0 Å². The number of hydrogen-bond acceptors (Lipinski definition) is 3. The number of rotatable bonds is 4. The molecule has 3 nitrogen and oxygen atoms in total. The van der Waals surface area contributed by atoms with E-state index in [1.165, 1.54) is 12.8 Å². The van der Waals surface area contributed by atoms with Gasteiger partial charge in [0.05, 0.1) is 6.10 Å². The average molecular weight is 271 g/mol. The number of hydrogen-bond donors (Lipinski definition) is 1. The SMILES string of the molecule is Brc1cccc(NCCC2CCCO2)n1. The monoisotopic (exact) mass is 270 g/mol. The third-order valence-electron chi connectivity index (χ3n) is 2.51. The molecule has 0 bridgehead atoms. The molecule has 82 valence electrons. The fourth-order valence-corrected chi connectivity index (χ4v) is 2.08. The molecule has 1 aliphatic rings. The maximum Gasteiger partial charge on any atom is 0.127 e. The Bertz CT molecular complexity index is 313. The first-order valence-corrected chi connectivity index (χ1v) is 6.12. The maximum atomic E-state index is 5.54. The van der Waals surface area contributed by atoms with Gasteiger partial charge in [-0.15, -0.1) is 0 Å². The molecule has 1 unspecified atom stereocenters. The van der Waals surface area contributed by atoms with Crippen molar-refractivity contribution in [1.29, 1.82) is 0 Å². The first-order valence-electron chi connectivity index (χ1n) is 5.32. The highest BCUT2D eigenvalue weighted by atomic mass is 79.9. The minimum atomic E-state index is 0.449. The molecule has 1 fully saturated rings. The van der Waals surface area contributed by atoms with Gasteiger partial charge in [0.25, 0.3) is 0 Å². The molecular formula is C11H15BrN2O. The number of anilines is 1. The van der Waals surface area contributed by atoms with Crippen molar-refractivity contribution in [2.75, 3.05) is 18.5 Å². The molecule has 0 amide bonds. The number of pyridine rings is 1. The Morgan fingerprint density at radius 1 is 1.53 bits per heavy atom. The van der Waals surface area contributed by atoms with Gasteiger partial charge in [0.2, 0.25) is 0 Å². The number of halogens is 1. The molecule has 1 atom stereocenters. The van der Waals surface area contributed by atoms with Gasteiger partial charge in [0, 0.05) is 13.2 Å². The summed E-state index contributed by atoms with van der Waals surface area (Å²) in [5.74, 6) is 0.919. The van der Waals surface area contributed by atoms with E-state index in [-0.39, 0.29) is 0 Å². The zero-order valence-corrected chi connectivity index (χ0v) is 10.2. The molecule has 0 aromatic carbocycles. The summed E-state index contributed by atoms with van der Waals surface area (Å²) in [6, 6.07) is 5.87.